The number of piperidine rings is 2. The summed E-state index contributed by atoms with van der Waals surface area (Å²) in [7, 11) is 0. The van der Waals surface area contributed by atoms with E-state index >= 15 is 0 Å². The zero-order valence-electron chi connectivity index (χ0n) is 13.3. The van der Waals surface area contributed by atoms with Crippen LogP contribution in [0, 0.1) is 12.3 Å². The third-order valence-electron chi connectivity index (χ3n) is 5.07. The number of nitrogens with zero attached hydrogens (tertiary/aromatic N) is 3. The Hall–Kier alpha value is -0.980. The SMILES string of the molecule is Cc1ncsc1CN1CCC[C@]2(CCC(=O)N(CCO)C2)C1. The van der Waals surface area contributed by atoms with Gasteiger partial charge in [0, 0.05) is 42.9 Å². The predicted molar refractivity (Wildman–Crippen MR) is 86.7 cm³/mol. The first-order valence-corrected chi connectivity index (χ1v) is 9.00. The fourth-order valence-electron chi connectivity index (χ4n) is 3.89. The Labute approximate surface area is 135 Å². The van der Waals surface area contributed by atoms with Gasteiger partial charge in [0.05, 0.1) is 17.8 Å². The van der Waals surface area contributed by atoms with Crippen molar-refractivity contribution < 1.29 is 9.90 Å². The van der Waals surface area contributed by atoms with E-state index < -0.39 is 0 Å². The van der Waals surface area contributed by atoms with Crippen molar-refractivity contribution in [3.8, 4) is 0 Å². The molecule has 0 aromatic carbocycles. The fourth-order valence-corrected chi connectivity index (χ4v) is 4.70. The zero-order chi connectivity index (χ0) is 15.6. The molecule has 1 amide bonds. The maximum atomic E-state index is 12.0. The lowest BCUT2D eigenvalue weighted by molar-refractivity contribution is -0.140. The van der Waals surface area contributed by atoms with Gasteiger partial charge >= 0.3 is 0 Å². The number of aromatic nitrogens is 1. The van der Waals surface area contributed by atoms with Crippen molar-refractivity contribution in [2.75, 3.05) is 32.8 Å². The molecular weight excluding hydrogens is 298 g/mol. The van der Waals surface area contributed by atoms with E-state index in [1.807, 2.05) is 10.4 Å². The molecule has 1 atom stereocenters. The highest BCUT2D eigenvalue weighted by Crippen LogP contribution is 2.39. The van der Waals surface area contributed by atoms with Crippen molar-refractivity contribution in [2.24, 2.45) is 5.41 Å². The van der Waals surface area contributed by atoms with Crippen LogP contribution < -0.4 is 0 Å². The standard InChI is InChI=1S/C16H25N3O2S/c1-13-14(22-12-17-13)9-18-6-2-4-16(10-18)5-3-15(21)19(11-16)7-8-20/h12,20H,2-11H2,1H3/t16-/m0/s1. The average Bonchev–Trinajstić information content (AvgIpc) is 2.89. The summed E-state index contributed by atoms with van der Waals surface area (Å²) in [6.07, 6.45) is 4.01. The minimum absolute atomic E-state index is 0.0611. The molecule has 2 aliphatic heterocycles. The maximum Gasteiger partial charge on any atom is 0.222 e. The Bertz CT molecular complexity index is 533. The van der Waals surface area contributed by atoms with Crippen LogP contribution >= 0.6 is 11.3 Å². The van der Waals surface area contributed by atoms with Gasteiger partial charge in [0.1, 0.15) is 0 Å². The Morgan fingerprint density at radius 3 is 3.00 bits per heavy atom. The molecule has 22 heavy (non-hydrogen) atoms. The van der Waals surface area contributed by atoms with Crippen molar-refractivity contribution in [3.05, 3.63) is 16.1 Å². The lowest BCUT2D eigenvalue weighted by Crippen LogP contribution is -2.54. The second kappa shape index (κ2) is 6.64. The number of β-amino-alcohol motifs (C(OH)–C–C–N with tert-alkyl or cyclic N) is 1. The molecule has 1 aromatic rings. The summed E-state index contributed by atoms with van der Waals surface area (Å²) in [6.45, 7) is 6.59. The molecule has 122 valence electrons. The van der Waals surface area contributed by atoms with Crippen LogP contribution in [0.1, 0.15) is 36.3 Å². The Balaban J connectivity index is 1.66. The zero-order valence-corrected chi connectivity index (χ0v) is 14.1. The monoisotopic (exact) mass is 323 g/mol. The minimum Gasteiger partial charge on any atom is -0.395 e. The Kier molecular flexibility index (Phi) is 4.80. The molecule has 0 radical (unpaired) electrons. The Morgan fingerprint density at radius 1 is 1.41 bits per heavy atom. The molecule has 3 rings (SSSR count). The number of amides is 1. The summed E-state index contributed by atoms with van der Waals surface area (Å²) in [4.78, 5) is 22.1. The van der Waals surface area contributed by atoms with Crippen LogP contribution in [0.4, 0.5) is 0 Å². The van der Waals surface area contributed by atoms with E-state index in [0.29, 0.717) is 13.0 Å². The molecule has 5 nitrogen and oxygen atoms in total. The highest BCUT2D eigenvalue weighted by atomic mass is 32.1. The van der Waals surface area contributed by atoms with Gasteiger partial charge in [-0.15, -0.1) is 11.3 Å². The molecule has 3 heterocycles. The van der Waals surface area contributed by atoms with Crippen LogP contribution in [0.15, 0.2) is 5.51 Å². The number of aliphatic hydroxyl groups excluding tert-OH is 1. The summed E-state index contributed by atoms with van der Waals surface area (Å²) < 4.78 is 0. The number of carbonyl (C=O) groups excluding carboxylic acids is 1. The van der Waals surface area contributed by atoms with Crippen LogP contribution in [0.2, 0.25) is 0 Å². The average molecular weight is 323 g/mol. The largest absolute Gasteiger partial charge is 0.395 e. The van der Waals surface area contributed by atoms with Crippen molar-refractivity contribution >= 4 is 17.2 Å². The number of thiazole rings is 1. The fraction of sp³-hybridized carbons (Fsp3) is 0.750. The Morgan fingerprint density at radius 2 is 2.27 bits per heavy atom. The van der Waals surface area contributed by atoms with Gasteiger partial charge in [-0.1, -0.05) is 0 Å². The van der Waals surface area contributed by atoms with Gasteiger partial charge < -0.3 is 10.0 Å². The van der Waals surface area contributed by atoms with Crippen LogP contribution in [-0.4, -0.2) is 58.6 Å². The first-order chi connectivity index (χ1) is 10.6. The van der Waals surface area contributed by atoms with Gasteiger partial charge in [-0.3, -0.25) is 9.69 Å². The molecule has 0 unspecified atom stereocenters. The van der Waals surface area contributed by atoms with E-state index in [-0.39, 0.29) is 17.9 Å². The second-order valence-electron chi connectivity index (χ2n) is 6.71. The van der Waals surface area contributed by atoms with E-state index in [0.717, 1.165) is 38.3 Å². The van der Waals surface area contributed by atoms with Gasteiger partial charge in [0.2, 0.25) is 5.91 Å². The van der Waals surface area contributed by atoms with Gasteiger partial charge in [0.15, 0.2) is 0 Å². The van der Waals surface area contributed by atoms with Gasteiger partial charge in [0.25, 0.3) is 0 Å². The normalized spacial score (nSPS) is 26.8. The lowest BCUT2D eigenvalue weighted by Gasteiger charge is -2.48. The molecular formula is C16H25N3O2S. The summed E-state index contributed by atoms with van der Waals surface area (Å²) in [5.41, 5.74) is 3.29. The predicted octanol–water partition coefficient (Wildman–Crippen LogP) is 1.65. The first kappa shape index (κ1) is 15.9. The molecule has 0 bridgehead atoms. The summed E-state index contributed by atoms with van der Waals surface area (Å²) >= 11 is 1.74. The molecule has 6 heteroatoms. The molecule has 1 N–H and O–H groups in total. The topological polar surface area (TPSA) is 56.7 Å². The van der Waals surface area contributed by atoms with Crippen molar-refractivity contribution in [1.29, 1.82) is 0 Å². The maximum absolute atomic E-state index is 12.0. The molecule has 2 fully saturated rings. The first-order valence-electron chi connectivity index (χ1n) is 8.12. The molecule has 2 saturated heterocycles. The quantitative estimate of drug-likeness (QED) is 0.915. The van der Waals surface area contributed by atoms with E-state index in [9.17, 15) is 4.79 Å². The van der Waals surface area contributed by atoms with E-state index in [1.54, 1.807) is 11.3 Å². The number of aliphatic hydroxyl groups is 1. The van der Waals surface area contributed by atoms with Gasteiger partial charge in [-0.2, -0.15) is 0 Å². The number of likely N-dealkylation sites (tertiary alicyclic amines) is 2. The molecule has 0 aliphatic carbocycles. The van der Waals surface area contributed by atoms with Crippen molar-refractivity contribution in [3.63, 3.8) is 0 Å². The van der Waals surface area contributed by atoms with E-state index in [4.69, 9.17) is 5.11 Å². The molecule has 0 saturated carbocycles. The van der Waals surface area contributed by atoms with Crippen LogP contribution in [0.25, 0.3) is 0 Å². The van der Waals surface area contributed by atoms with Crippen LogP contribution in [0.5, 0.6) is 0 Å². The highest BCUT2D eigenvalue weighted by molar-refractivity contribution is 7.09. The number of rotatable bonds is 4. The molecule has 1 spiro atoms. The summed E-state index contributed by atoms with van der Waals surface area (Å²) in [6, 6.07) is 0. The summed E-state index contributed by atoms with van der Waals surface area (Å²) in [5.74, 6) is 0.204. The van der Waals surface area contributed by atoms with Crippen molar-refractivity contribution in [2.45, 2.75) is 39.2 Å². The van der Waals surface area contributed by atoms with Crippen molar-refractivity contribution in [1.82, 2.24) is 14.8 Å². The second-order valence-corrected chi connectivity index (χ2v) is 7.65. The number of carbonyl (C=O) groups is 1. The number of hydrogen-bond acceptors (Lipinski definition) is 5. The summed E-state index contributed by atoms with van der Waals surface area (Å²) in [5, 5.41) is 9.17. The van der Waals surface area contributed by atoms with E-state index in [1.165, 1.54) is 17.7 Å². The van der Waals surface area contributed by atoms with Crippen LogP contribution in [0.3, 0.4) is 0 Å². The number of hydrogen-bond donors (Lipinski definition) is 1. The molecule has 1 aromatic heterocycles. The van der Waals surface area contributed by atoms with E-state index in [2.05, 4.69) is 16.8 Å². The number of aryl methyl sites for hydroxylation is 1. The smallest absolute Gasteiger partial charge is 0.222 e. The lowest BCUT2D eigenvalue weighted by atomic mass is 9.73. The molecule has 2 aliphatic rings. The minimum atomic E-state index is 0.0611. The third kappa shape index (κ3) is 3.34. The van der Waals surface area contributed by atoms with Gasteiger partial charge in [-0.05, 0) is 32.7 Å². The van der Waals surface area contributed by atoms with Gasteiger partial charge in [-0.25, -0.2) is 4.98 Å². The third-order valence-corrected chi connectivity index (χ3v) is 5.99. The van der Waals surface area contributed by atoms with Crippen LogP contribution in [-0.2, 0) is 11.3 Å². The highest BCUT2D eigenvalue weighted by Gasteiger charge is 2.41.